The lowest BCUT2D eigenvalue weighted by molar-refractivity contribution is -0.130. The van der Waals surface area contributed by atoms with E-state index < -0.39 is 0 Å². The van der Waals surface area contributed by atoms with E-state index in [2.05, 4.69) is 21.0 Å². The molecule has 4 nitrogen and oxygen atoms in total. The van der Waals surface area contributed by atoms with Crippen LogP contribution in [0.25, 0.3) is 0 Å². The Morgan fingerprint density at radius 2 is 2.00 bits per heavy atom. The number of amides is 1. The van der Waals surface area contributed by atoms with Gasteiger partial charge in [-0.15, -0.1) is 0 Å². The molecule has 0 bridgehead atoms. The van der Waals surface area contributed by atoms with Crippen LogP contribution in [0.1, 0.15) is 30.5 Å². The van der Waals surface area contributed by atoms with Gasteiger partial charge in [0.15, 0.2) is 0 Å². The monoisotopic (exact) mass is 358 g/mol. The van der Waals surface area contributed by atoms with E-state index in [4.69, 9.17) is 0 Å². The van der Waals surface area contributed by atoms with E-state index in [-0.39, 0.29) is 17.7 Å². The molecule has 3 rings (SSSR count). The smallest absolute Gasteiger partial charge is 0.240 e. The zero-order chi connectivity index (χ0) is 15.7. The summed E-state index contributed by atoms with van der Waals surface area (Å²) in [5.41, 5.74) is 2.55. The molecule has 0 radical (unpaired) electrons. The lowest BCUT2D eigenvalue weighted by Crippen LogP contribution is -2.24. The number of phenolic OH excluding ortho intramolecular Hbond substituents is 1. The maximum Gasteiger partial charge on any atom is 0.240 e. The Bertz CT molecular complexity index is 744. The molecule has 1 N–H and O–H groups in total. The van der Waals surface area contributed by atoms with Crippen LogP contribution in [0.3, 0.4) is 0 Å². The number of hydrogen-bond acceptors (Lipinski definition) is 3. The summed E-state index contributed by atoms with van der Waals surface area (Å²) in [6.07, 6.45) is 0.582. The molecular formula is C17H15BrN2O2. The number of rotatable bonds is 2. The lowest BCUT2D eigenvalue weighted by atomic mass is 9.98. The van der Waals surface area contributed by atoms with Crippen LogP contribution in [0, 0.1) is 0 Å². The molecule has 0 spiro atoms. The van der Waals surface area contributed by atoms with Crippen molar-refractivity contribution in [1.29, 1.82) is 0 Å². The third-order valence-electron chi connectivity index (χ3n) is 3.69. The van der Waals surface area contributed by atoms with E-state index in [1.54, 1.807) is 6.07 Å². The van der Waals surface area contributed by atoms with Crippen molar-refractivity contribution in [2.45, 2.75) is 19.4 Å². The molecular weight excluding hydrogens is 344 g/mol. The van der Waals surface area contributed by atoms with E-state index in [0.717, 1.165) is 15.7 Å². The van der Waals surface area contributed by atoms with Crippen LogP contribution in [0.15, 0.2) is 58.1 Å². The number of carbonyl (C=O) groups is 1. The molecule has 0 aromatic heterocycles. The lowest BCUT2D eigenvalue weighted by Gasteiger charge is -2.21. The number of carbonyl (C=O) groups excluding carboxylic acids is 1. The van der Waals surface area contributed by atoms with Crippen LogP contribution in [-0.4, -0.2) is 21.7 Å². The average Bonchev–Trinajstić information content (AvgIpc) is 2.93. The first-order chi connectivity index (χ1) is 10.6. The minimum atomic E-state index is -0.277. The number of aromatic hydroxyl groups is 1. The largest absolute Gasteiger partial charge is 0.508 e. The van der Waals surface area contributed by atoms with Gasteiger partial charge in [0.05, 0.1) is 11.8 Å². The summed E-state index contributed by atoms with van der Waals surface area (Å²) in [5, 5.41) is 16.1. The second-order valence-corrected chi connectivity index (χ2v) is 6.12. The number of hydrogen-bond donors (Lipinski definition) is 1. The maximum absolute atomic E-state index is 11.9. The highest BCUT2D eigenvalue weighted by molar-refractivity contribution is 9.10. The number of nitrogens with zero attached hydrogens (tertiary/aromatic N) is 2. The Hall–Kier alpha value is -2.14. The Labute approximate surface area is 137 Å². The second-order valence-electron chi connectivity index (χ2n) is 5.20. The van der Waals surface area contributed by atoms with Crippen molar-refractivity contribution in [3.8, 4) is 5.75 Å². The van der Waals surface area contributed by atoms with Crippen LogP contribution >= 0.6 is 15.9 Å². The van der Waals surface area contributed by atoms with Crippen molar-refractivity contribution >= 4 is 27.5 Å². The summed E-state index contributed by atoms with van der Waals surface area (Å²) in [6, 6.07) is 14.8. The fraction of sp³-hybridized carbons (Fsp3) is 0.176. The maximum atomic E-state index is 11.9. The van der Waals surface area contributed by atoms with Gasteiger partial charge in [0.25, 0.3) is 0 Å². The Balaban J connectivity index is 1.98. The van der Waals surface area contributed by atoms with E-state index in [9.17, 15) is 9.90 Å². The summed E-state index contributed by atoms with van der Waals surface area (Å²) in [5.74, 6) is 0.0217. The van der Waals surface area contributed by atoms with Crippen molar-refractivity contribution in [2.24, 2.45) is 5.10 Å². The van der Waals surface area contributed by atoms with Crippen molar-refractivity contribution < 1.29 is 9.90 Å². The molecule has 1 aliphatic heterocycles. The van der Waals surface area contributed by atoms with Crippen molar-refractivity contribution in [3.63, 3.8) is 0 Å². The minimum absolute atomic E-state index is 0.141. The Morgan fingerprint density at radius 3 is 2.64 bits per heavy atom. The van der Waals surface area contributed by atoms with E-state index >= 15 is 0 Å². The van der Waals surface area contributed by atoms with Gasteiger partial charge in [-0.2, -0.15) is 5.10 Å². The van der Waals surface area contributed by atoms with Crippen LogP contribution in [0.4, 0.5) is 0 Å². The average molecular weight is 359 g/mol. The predicted octanol–water partition coefficient (Wildman–Crippen LogP) is 3.85. The van der Waals surface area contributed by atoms with Gasteiger partial charge >= 0.3 is 0 Å². The molecule has 0 saturated carbocycles. The van der Waals surface area contributed by atoms with Gasteiger partial charge in [-0.3, -0.25) is 4.79 Å². The van der Waals surface area contributed by atoms with E-state index in [0.29, 0.717) is 12.0 Å². The van der Waals surface area contributed by atoms with Crippen LogP contribution < -0.4 is 0 Å². The minimum Gasteiger partial charge on any atom is -0.508 e. The standard InChI is InChI=1S/C17H15BrN2O2/c1-11(21)20-16(14-8-7-13(18)9-17(14)22)10-15(19-20)12-5-3-2-4-6-12/h2-9,16,22H,10H2,1H3/t16-/m1/s1. The predicted molar refractivity (Wildman–Crippen MR) is 88.7 cm³/mol. The van der Waals surface area contributed by atoms with Crippen LogP contribution in [0.2, 0.25) is 0 Å². The first kappa shape index (κ1) is 14.8. The highest BCUT2D eigenvalue weighted by Crippen LogP contribution is 2.38. The number of benzene rings is 2. The number of phenols is 1. The fourth-order valence-electron chi connectivity index (χ4n) is 2.65. The first-order valence-corrected chi connectivity index (χ1v) is 7.76. The van der Waals surface area contributed by atoms with Crippen LogP contribution in [-0.2, 0) is 4.79 Å². The molecule has 2 aromatic rings. The molecule has 0 fully saturated rings. The summed E-state index contributed by atoms with van der Waals surface area (Å²) >= 11 is 3.33. The zero-order valence-electron chi connectivity index (χ0n) is 12.0. The van der Waals surface area contributed by atoms with E-state index in [1.165, 1.54) is 11.9 Å². The molecule has 5 heteroatoms. The molecule has 112 valence electrons. The third-order valence-corrected chi connectivity index (χ3v) is 4.18. The molecule has 0 aliphatic carbocycles. The zero-order valence-corrected chi connectivity index (χ0v) is 13.6. The molecule has 1 aliphatic rings. The van der Waals surface area contributed by atoms with Gasteiger partial charge in [-0.1, -0.05) is 52.3 Å². The Kier molecular flexibility index (Phi) is 3.98. The molecule has 0 saturated heterocycles. The van der Waals surface area contributed by atoms with Crippen molar-refractivity contribution in [1.82, 2.24) is 5.01 Å². The van der Waals surface area contributed by atoms with Gasteiger partial charge in [-0.25, -0.2) is 5.01 Å². The SMILES string of the molecule is CC(=O)N1N=C(c2ccccc2)C[C@@H]1c1ccc(Br)cc1O. The van der Waals surface area contributed by atoms with Gasteiger partial charge in [0, 0.05) is 23.4 Å². The second kappa shape index (κ2) is 5.93. The topological polar surface area (TPSA) is 52.9 Å². The highest BCUT2D eigenvalue weighted by Gasteiger charge is 2.32. The molecule has 1 atom stereocenters. The van der Waals surface area contributed by atoms with Gasteiger partial charge < -0.3 is 5.11 Å². The fourth-order valence-corrected chi connectivity index (χ4v) is 3.00. The highest BCUT2D eigenvalue weighted by atomic mass is 79.9. The molecule has 22 heavy (non-hydrogen) atoms. The third kappa shape index (κ3) is 2.76. The number of halogens is 1. The normalized spacial score (nSPS) is 17.5. The van der Waals surface area contributed by atoms with Crippen molar-refractivity contribution in [2.75, 3.05) is 0 Å². The van der Waals surface area contributed by atoms with Gasteiger partial charge in [0.2, 0.25) is 5.91 Å². The molecule has 0 unspecified atom stereocenters. The Morgan fingerprint density at radius 1 is 1.27 bits per heavy atom. The number of hydrazone groups is 1. The van der Waals surface area contributed by atoms with Crippen LogP contribution in [0.5, 0.6) is 5.75 Å². The van der Waals surface area contributed by atoms with Gasteiger partial charge in [0.1, 0.15) is 5.75 Å². The van der Waals surface area contributed by atoms with Gasteiger partial charge in [-0.05, 0) is 17.7 Å². The summed E-state index contributed by atoms with van der Waals surface area (Å²) in [7, 11) is 0. The molecule has 2 aromatic carbocycles. The molecule has 1 heterocycles. The quantitative estimate of drug-likeness (QED) is 0.886. The van der Waals surface area contributed by atoms with E-state index in [1.807, 2.05) is 42.5 Å². The summed E-state index contributed by atoms with van der Waals surface area (Å²) < 4.78 is 0.797. The first-order valence-electron chi connectivity index (χ1n) is 6.97. The van der Waals surface area contributed by atoms with Crippen molar-refractivity contribution in [3.05, 3.63) is 64.1 Å². The summed E-state index contributed by atoms with van der Waals surface area (Å²) in [4.78, 5) is 11.9. The molecule has 1 amide bonds. The summed E-state index contributed by atoms with van der Waals surface area (Å²) in [6.45, 7) is 1.49.